The van der Waals surface area contributed by atoms with Crippen LogP contribution in [-0.4, -0.2) is 56.6 Å². The van der Waals surface area contributed by atoms with Crippen LogP contribution in [0.25, 0.3) is 0 Å². The monoisotopic (exact) mass is 173 g/mol. The maximum absolute atomic E-state index is 5.67. The van der Waals surface area contributed by atoms with E-state index in [1.165, 1.54) is 6.42 Å². The summed E-state index contributed by atoms with van der Waals surface area (Å²) in [6, 6.07) is 0.286. The summed E-state index contributed by atoms with van der Waals surface area (Å²) in [7, 11) is 6.33. The molecule has 0 aliphatic carbocycles. The number of nitrogens with two attached hydrogens (primary N) is 1. The van der Waals surface area contributed by atoms with E-state index in [1.807, 2.05) is 6.92 Å². The zero-order valence-corrected chi connectivity index (χ0v) is 8.88. The first-order valence-electron chi connectivity index (χ1n) is 4.61. The second kappa shape index (κ2) is 6.40. The minimum absolute atomic E-state index is 0.286. The van der Waals surface area contributed by atoms with E-state index in [9.17, 15) is 0 Å². The van der Waals surface area contributed by atoms with Gasteiger partial charge in [-0.1, -0.05) is 0 Å². The Bertz CT molecular complexity index is 102. The lowest BCUT2D eigenvalue weighted by atomic mass is 10.3. The average Bonchev–Trinajstić information content (AvgIpc) is 1.84. The van der Waals surface area contributed by atoms with E-state index < -0.39 is 0 Å². The van der Waals surface area contributed by atoms with Gasteiger partial charge in [-0.2, -0.15) is 0 Å². The lowest BCUT2D eigenvalue weighted by Gasteiger charge is -2.19. The van der Waals surface area contributed by atoms with Gasteiger partial charge in [0.05, 0.1) is 0 Å². The Morgan fingerprint density at radius 1 is 1.17 bits per heavy atom. The SMILES string of the molecule is C[C@@H](N)CN(C)CCCN(C)C. The Labute approximate surface area is 76.5 Å². The van der Waals surface area contributed by atoms with Gasteiger partial charge in [0.1, 0.15) is 0 Å². The van der Waals surface area contributed by atoms with Crippen molar-refractivity contribution in [3.63, 3.8) is 0 Å². The highest BCUT2D eigenvalue weighted by Crippen LogP contribution is 1.90. The minimum atomic E-state index is 0.286. The molecule has 0 amide bonds. The molecule has 0 radical (unpaired) electrons. The van der Waals surface area contributed by atoms with Gasteiger partial charge < -0.3 is 15.5 Å². The van der Waals surface area contributed by atoms with Crippen molar-refractivity contribution in [3.8, 4) is 0 Å². The third kappa shape index (κ3) is 7.98. The fourth-order valence-electron chi connectivity index (χ4n) is 1.24. The molecule has 3 nitrogen and oxygen atoms in total. The predicted octanol–water partition coefficient (Wildman–Crippen LogP) is 0.217. The van der Waals surface area contributed by atoms with Crippen molar-refractivity contribution in [2.45, 2.75) is 19.4 Å². The molecule has 3 heteroatoms. The molecule has 0 aliphatic heterocycles. The highest BCUT2D eigenvalue weighted by Gasteiger charge is 2.00. The number of nitrogens with zero attached hydrogens (tertiary/aromatic N) is 2. The van der Waals surface area contributed by atoms with Crippen LogP contribution in [0.5, 0.6) is 0 Å². The first kappa shape index (κ1) is 11.9. The molecule has 0 fully saturated rings. The maximum Gasteiger partial charge on any atom is 0.0139 e. The molecule has 74 valence electrons. The number of likely N-dealkylation sites (N-methyl/N-ethyl adjacent to an activating group) is 1. The van der Waals surface area contributed by atoms with Crippen molar-refractivity contribution in [3.05, 3.63) is 0 Å². The van der Waals surface area contributed by atoms with Gasteiger partial charge >= 0.3 is 0 Å². The lowest BCUT2D eigenvalue weighted by molar-refractivity contribution is 0.289. The average molecular weight is 173 g/mol. The fourth-order valence-corrected chi connectivity index (χ4v) is 1.24. The van der Waals surface area contributed by atoms with Gasteiger partial charge in [-0.3, -0.25) is 0 Å². The van der Waals surface area contributed by atoms with E-state index in [0.717, 1.165) is 19.6 Å². The quantitative estimate of drug-likeness (QED) is 0.623. The summed E-state index contributed by atoms with van der Waals surface area (Å²) in [5.74, 6) is 0. The largest absolute Gasteiger partial charge is 0.327 e. The zero-order valence-electron chi connectivity index (χ0n) is 8.88. The number of hydrogen-bond acceptors (Lipinski definition) is 3. The third-order valence-electron chi connectivity index (χ3n) is 1.74. The summed E-state index contributed by atoms with van der Waals surface area (Å²) < 4.78 is 0. The van der Waals surface area contributed by atoms with Gasteiger partial charge in [-0.25, -0.2) is 0 Å². The fraction of sp³-hybridized carbons (Fsp3) is 1.00. The van der Waals surface area contributed by atoms with Crippen LogP contribution in [0.3, 0.4) is 0 Å². The van der Waals surface area contributed by atoms with E-state index in [4.69, 9.17) is 5.73 Å². The summed E-state index contributed by atoms with van der Waals surface area (Å²) in [4.78, 5) is 4.49. The summed E-state index contributed by atoms with van der Waals surface area (Å²) >= 11 is 0. The van der Waals surface area contributed by atoms with Crippen molar-refractivity contribution < 1.29 is 0 Å². The van der Waals surface area contributed by atoms with Gasteiger partial charge in [0.2, 0.25) is 0 Å². The summed E-state index contributed by atoms with van der Waals surface area (Å²) in [5, 5.41) is 0. The molecule has 0 unspecified atom stereocenters. The van der Waals surface area contributed by atoms with Crippen LogP contribution in [-0.2, 0) is 0 Å². The first-order chi connectivity index (χ1) is 5.52. The summed E-state index contributed by atoms with van der Waals surface area (Å²) in [6.45, 7) is 5.33. The molecule has 0 bridgehead atoms. The van der Waals surface area contributed by atoms with Crippen molar-refractivity contribution in [2.75, 3.05) is 40.8 Å². The molecule has 0 saturated heterocycles. The van der Waals surface area contributed by atoms with E-state index >= 15 is 0 Å². The molecule has 12 heavy (non-hydrogen) atoms. The van der Waals surface area contributed by atoms with E-state index in [1.54, 1.807) is 0 Å². The van der Waals surface area contributed by atoms with Crippen molar-refractivity contribution >= 4 is 0 Å². The third-order valence-corrected chi connectivity index (χ3v) is 1.74. The van der Waals surface area contributed by atoms with Gasteiger partial charge in [0, 0.05) is 12.6 Å². The van der Waals surface area contributed by atoms with E-state index in [0.29, 0.717) is 0 Å². The molecule has 0 aliphatic rings. The molecule has 0 heterocycles. The van der Waals surface area contributed by atoms with Gasteiger partial charge in [-0.15, -0.1) is 0 Å². The Balaban J connectivity index is 3.25. The Morgan fingerprint density at radius 2 is 1.75 bits per heavy atom. The summed E-state index contributed by atoms with van der Waals surface area (Å²) in [5.41, 5.74) is 5.67. The van der Waals surface area contributed by atoms with E-state index in [2.05, 4.69) is 30.9 Å². The van der Waals surface area contributed by atoms with Crippen molar-refractivity contribution in [1.29, 1.82) is 0 Å². The van der Waals surface area contributed by atoms with E-state index in [-0.39, 0.29) is 6.04 Å². The molecule has 0 rings (SSSR count). The van der Waals surface area contributed by atoms with Crippen LogP contribution in [0.2, 0.25) is 0 Å². The minimum Gasteiger partial charge on any atom is -0.327 e. The number of rotatable bonds is 6. The molecule has 0 aromatic carbocycles. The molecule has 0 aromatic heterocycles. The topological polar surface area (TPSA) is 32.5 Å². The van der Waals surface area contributed by atoms with Crippen LogP contribution in [0.1, 0.15) is 13.3 Å². The molecular formula is C9H23N3. The van der Waals surface area contributed by atoms with Crippen molar-refractivity contribution in [1.82, 2.24) is 9.80 Å². The van der Waals surface area contributed by atoms with Crippen LogP contribution in [0.4, 0.5) is 0 Å². The second-order valence-corrected chi connectivity index (χ2v) is 3.90. The Kier molecular flexibility index (Phi) is 6.34. The first-order valence-corrected chi connectivity index (χ1v) is 4.61. The Hall–Kier alpha value is -0.120. The van der Waals surface area contributed by atoms with Gasteiger partial charge in [0.15, 0.2) is 0 Å². The normalized spacial score (nSPS) is 14.2. The molecule has 1 atom stereocenters. The lowest BCUT2D eigenvalue weighted by Crippen LogP contribution is -2.34. The maximum atomic E-state index is 5.67. The molecule has 0 saturated carbocycles. The van der Waals surface area contributed by atoms with Crippen LogP contribution < -0.4 is 5.73 Å². The Morgan fingerprint density at radius 3 is 2.17 bits per heavy atom. The molecule has 0 aromatic rings. The van der Waals surface area contributed by atoms with Crippen LogP contribution in [0, 0.1) is 0 Å². The van der Waals surface area contributed by atoms with Crippen LogP contribution in [0.15, 0.2) is 0 Å². The van der Waals surface area contributed by atoms with Gasteiger partial charge in [-0.05, 0) is 47.6 Å². The highest BCUT2D eigenvalue weighted by molar-refractivity contribution is 4.60. The van der Waals surface area contributed by atoms with Crippen LogP contribution >= 0.6 is 0 Å². The molecule has 0 spiro atoms. The molecule has 2 N–H and O–H groups in total. The second-order valence-electron chi connectivity index (χ2n) is 3.90. The summed E-state index contributed by atoms with van der Waals surface area (Å²) in [6.07, 6.45) is 1.22. The molecular weight excluding hydrogens is 150 g/mol. The van der Waals surface area contributed by atoms with Crippen molar-refractivity contribution in [2.24, 2.45) is 5.73 Å². The standard InChI is InChI=1S/C9H23N3/c1-9(10)8-12(4)7-5-6-11(2)3/h9H,5-8,10H2,1-4H3/t9-/m1/s1. The zero-order chi connectivity index (χ0) is 9.56. The predicted molar refractivity (Wildman–Crippen MR) is 54.3 cm³/mol. The smallest absolute Gasteiger partial charge is 0.0139 e. The highest BCUT2D eigenvalue weighted by atomic mass is 15.1. The number of hydrogen-bond donors (Lipinski definition) is 1. The van der Waals surface area contributed by atoms with Gasteiger partial charge in [0.25, 0.3) is 0 Å².